The summed E-state index contributed by atoms with van der Waals surface area (Å²) in [6, 6.07) is 30.5. The van der Waals surface area contributed by atoms with Crippen molar-refractivity contribution in [3.63, 3.8) is 0 Å². The van der Waals surface area contributed by atoms with Gasteiger partial charge in [-0.3, -0.25) is 9.59 Å². The van der Waals surface area contributed by atoms with Gasteiger partial charge in [-0.2, -0.15) is 0 Å². The summed E-state index contributed by atoms with van der Waals surface area (Å²) in [7, 11) is 0. The largest absolute Gasteiger partial charge is 0.489 e. The highest BCUT2D eigenvalue weighted by atomic mass is 16.5. The van der Waals surface area contributed by atoms with Gasteiger partial charge in [0.05, 0.1) is 6.42 Å². The molecule has 0 radical (unpaired) electrons. The molecular weight excluding hydrogens is 412 g/mol. The van der Waals surface area contributed by atoms with E-state index in [0.29, 0.717) is 13.0 Å². The number of amides is 2. The zero-order valence-corrected chi connectivity index (χ0v) is 18.2. The van der Waals surface area contributed by atoms with Crippen molar-refractivity contribution in [2.24, 2.45) is 5.73 Å². The lowest BCUT2D eigenvalue weighted by Crippen LogP contribution is -2.46. The molecule has 4 rings (SSSR count). The van der Waals surface area contributed by atoms with E-state index in [0.717, 1.165) is 33.2 Å². The van der Waals surface area contributed by atoms with Crippen molar-refractivity contribution in [2.75, 3.05) is 0 Å². The van der Waals surface area contributed by atoms with Gasteiger partial charge < -0.3 is 15.8 Å². The van der Waals surface area contributed by atoms with Crippen LogP contribution in [0.5, 0.6) is 5.75 Å². The highest BCUT2D eigenvalue weighted by molar-refractivity contribution is 5.89. The van der Waals surface area contributed by atoms with Crippen molar-refractivity contribution >= 4 is 22.6 Å². The van der Waals surface area contributed by atoms with Crippen molar-refractivity contribution in [1.29, 1.82) is 0 Å². The number of hydrogen-bond acceptors (Lipinski definition) is 3. The predicted molar refractivity (Wildman–Crippen MR) is 130 cm³/mol. The molecule has 0 aliphatic rings. The van der Waals surface area contributed by atoms with Crippen LogP contribution < -0.4 is 15.8 Å². The molecule has 0 aliphatic heterocycles. The van der Waals surface area contributed by atoms with E-state index in [4.69, 9.17) is 10.5 Å². The maximum atomic E-state index is 12.6. The molecule has 0 saturated heterocycles. The number of rotatable bonds is 9. The van der Waals surface area contributed by atoms with Crippen LogP contribution in [0, 0.1) is 0 Å². The molecule has 0 fully saturated rings. The third-order valence-electron chi connectivity index (χ3n) is 5.47. The van der Waals surface area contributed by atoms with E-state index in [1.807, 2.05) is 97.1 Å². The minimum atomic E-state index is -0.783. The molecule has 0 unspecified atom stereocenters. The van der Waals surface area contributed by atoms with Gasteiger partial charge in [0.15, 0.2) is 0 Å². The summed E-state index contributed by atoms with van der Waals surface area (Å²) >= 11 is 0. The Morgan fingerprint density at radius 1 is 0.758 bits per heavy atom. The lowest BCUT2D eigenvalue weighted by atomic mass is 10.0. The van der Waals surface area contributed by atoms with Crippen LogP contribution in [0.1, 0.15) is 16.7 Å². The molecular formula is C28H26N2O3. The summed E-state index contributed by atoms with van der Waals surface area (Å²) in [5.74, 6) is -0.0678. The molecule has 166 valence electrons. The van der Waals surface area contributed by atoms with Crippen LogP contribution in [0.25, 0.3) is 10.8 Å². The molecule has 4 aromatic rings. The monoisotopic (exact) mass is 438 g/mol. The molecule has 0 bridgehead atoms. The average molecular weight is 439 g/mol. The van der Waals surface area contributed by atoms with Crippen LogP contribution >= 0.6 is 0 Å². The third-order valence-corrected chi connectivity index (χ3v) is 5.47. The molecule has 1 atom stereocenters. The number of hydrogen-bond donors (Lipinski definition) is 2. The van der Waals surface area contributed by atoms with Gasteiger partial charge in [-0.15, -0.1) is 0 Å². The zero-order valence-electron chi connectivity index (χ0n) is 18.2. The summed E-state index contributed by atoms with van der Waals surface area (Å²) < 4.78 is 5.80. The Balaban J connectivity index is 1.33. The number of ether oxygens (including phenoxy) is 1. The number of carbonyl (C=O) groups excluding carboxylic acids is 2. The van der Waals surface area contributed by atoms with Gasteiger partial charge in [0, 0.05) is 6.42 Å². The van der Waals surface area contributed by atoms with Gasteiger partial charge in [0.2, 0.25) is 11.8 Å². The SMILES string of the molecule is NC(=O)[C@H](Cc1ccc(OCc2ccccc2)cc1)NC(=O)Cc1ccc2ccccc2c1. The molecule has 0 aliphatic carbocycles. The fraction of sp³-hybridized carbons (Fsp3) is 0.143. The van der Waals surface area contributed by atoms with Crippen LogP contribution in [-0.2, 0) is 29.0 Å². The Labute approximate surface area is 193 Å². The van der Waals surface area contributed by atoms with Crippen LogP contribution in [0.2, 0.25) is 0 Å². The van der Waals surface area contributed by atoms with E-state index >= 15 is 0 Å². The van der Waals surface area contributed by atoms with Gasteiger partial charge in [0.25, 0.3) is 0 Å². The normalized spacial score (nSPS) is 11.6. The molecule has 33 heavy (non-hydrogen) atoms. The zero-order chi connectivity index (χ0) is 23.0. The van der Waals surface area contributed by atoms with Crippen LogP contribution in [0.3, 0.4) is 0 Å². The number of benzene rings is 4. The number of carbonyl (C=O) groups is 2. The van der Waals surface area contributed by atoms with E-state index < -0.39 is 11.9 Å². The highest BCUT2D eigenvalue weighted by Gasteiger charge is 2.19. The minimum absolute atomic E-state index is 0.181. The van der Waals surface area contributed by atoms with Crippen LogP contribution in [0.4, 0.5) is 0 Å². The van der Waals surface area contributed by atoms with Gasteiger partial charge >= 0.3 is 0 Å². The molecule has 0 aromatic heterocycles. The Morgan fingerprint density at radius 3 is 2.15 bits per heavy atom. The van der Waals surface area contributed by atoms with Crippen molar-refractivity contribution in [3.8, 4) is 5.75 Å². The maximum Gasteiger partial charge on any atom is 0.240 e. The summed E-state index contributed by atoms with van der Waals surface area (Å²) in [6.07, 6.45) is 0.499. The van der Waals surface area contributed by atoms with Crippen LogP contribution in [0.15, 0.2) is 97.1 Å². The Morgan fingerprint density at radius 2 is 1.42 bits per heavy atom. The molecule has 0 saturated carbocycles. The minimum Gasteiger partial charge on any atom is -0.489 e. The molecule has 0 heterocycles. The van der Waals surface area contributed by atoms with Gasteiger partial charge in [-0.25, -0.2) is 0 Å². The second kappa shape index (κ2) is 10.5. The second-order valence-electron chi connectivity index (χ2n) is 8.00. The number of fused-ring (bicyclic) bond motifs is 1. The first-order valence-electron chi connectivity index (χ1n) is 10.9. The lowest BCUT2D eigenvalue weighted by molar-refractivity contribution is -0.127. The lowest BCUT2D eigenvalue weighted by Gasteiger charge is -2.16. The van der Waals surface area contributed by atoms with Gasteiger partial charge in [0.1, 0.15) is 18.4 Å². The standard InChI is InChI=1S/C28H26N2O3/c29-28(32)26(30-27(31)18-22-10-13-23-8-4-5-9-24(23)16-22)17-20-11-14-25(15-12-20)33-19-21-6-2-1-3-7-21/h1-16,26H,17-19H2,(H2,29,32)(H,30,31)/t26-/m0/s1. The van der Waals surface area contributed by atoms with Crippen molar-refractivity contribution in [3.05, 3.63) is 114 Å². The first-order valence-corrected chi connectivity index (χ1v) is 10.9. The van der Waals surface area contributed by atoms with E-state index in [1.165, 1.54) is 0 Å². The van der Waals surface area contributed by atoms with Crippen LogP contribution in [-0.4, -0.2) is 17.9 Å². The van der Waals surface area contributed by atoms with Crippen molar-refractivity contribution in [2.45, 2.75) is 25.5 Å². The quantitative estimate of drug-likeness (QED) is 0.411. The number of nitrogens with one attached hydrogen (secondary N) is 1. The van der Waals surface area contributed by atoms with E-state index in [-0.39, 0.29) is 12.3 Å². The molecule has 3 N–H and O–H groups in total. The summed E-state index contributed by atoms with van der Waals surface area (Å²) in [5, 5.41) is 4.97. The molecule has 4 aromatic carbocycles. The maximum absolute atomic E-state index is 12.6. The molecule has 5 nitrogen and oxygen atoms in total. The highest BCUT2D eigenvalue weighted by Crippen LogP contribution is 2.17. The summed E-state index contributed by atoms with van der Waals surface area (Å²) in [5.41, 5.74) is 8.42. The summed E-state index contributed by atoms with van der Waals surface area (Å²) in [6.45, 7) is 0.481. The number of primary amides is 1. The topological polar surface area (TPSA) is 81.4 Å². The summed E-state index contributed by atoms with van der Waals surface area (Å²) in [4.78, 5) is 24.6. The Kier molecular flexibility index (Phi) is 7.00. The smallest absolute Gasteiger partial charge is 0.240 e. The Hall–Kier alpha value is -4.12. The average Bonchev–Trinajstić information content (AvgIpc) is 2.83. The molecule has 2 amide bonds. The number of nitrogens with two attached hydrogens (primary N) is 1. The third kappa shape index (κ3) is 6.20. The fourth-order valence-corrected chi connectivity index (χ4v) is 3.70. The van der Waals surface area contributed by atoms with Gasteiger partial charge in [-0.05, 0) is 39.6 Å². The van der Waals surface area contributed by atoms with E-state index in [9.17, 15) is 9.59 Å². The molecule has 5 heteroatoms. The predicted octanol–water partition coefficient (Wildman–Crippen LogP) is 4.17. The second-order valence-corrected chi connectivity index (χ2v) is 8.00. The molecule has 0 spiro atoms. The first kappa shape index (κ1) is 22.1. The Bertz CT molecular complexity index is 1240. The van der Waals surface area contributed by atoms with Crippen molar-refractivity contribution in [1.82, 2.24) is 5.32 Å². The van der Waals surface area contributed by atoms with Crippen molar-refractivity contribution < 1.29 is 14.3 Å². The van der Waals surface area contributed by atoms with E-state index in [1.54, 1.807) is 0 Å². The van der Waals surface area contributed by atoms with E-state index in [2.05, 4.69) is 5.32 Å². The fourth-order valence-electron chi connectivity index (χ4n) is 3.70. The van der Waals surface area contributed by atoms with Gasteiger partial charge in [-0.1, -0.05) is 84.9 Å². The first-order chi connectivity index (χ1) is 16.1.